The van der Waals surface area contributed by atoms with Crippen LogP contribution >= 0.6 is 22.7 Å². The Hall–Kier alpha value is -1.20. The van der Waals surface area contributed by atoms with Gasteiger partial charge in [-0.2, -0.15) is 0 Å². The molecule has 2 aromatic rings. The van der Waals surface area contributed by atoms with E-state index >= 15 is 0 Å². The topological polar surface area (TPSA) is 42.0 Å². The highest BCUT2D eigenvalue weighted by atomic mass is 32.1. The van der Waals surface area contributed by atoms with Crippen molar-refractivity contribution < 1.29 is 4.79 Å². The summed E-state index contributed by atoms with van der Waals surface area (Å²) in [5.41, 5.74) is 0.985. The average molecular weight is 278 g/mol. The molecule has 0 spiro atoms. The predicted octanol–water partition coefficient (Wildman–Crippen LogP) is 3.00. The van der Waals surface area contributed by atoms with Gasteiger partial charge >= 0.3 is 0 Å². The molecule has 2 heterocycles. The van der Waals surface area contributed by atoms with Crippen LogP contribution in [0.3, 0.4) is 0 Å². The van der Waals surface area contributed by atoms with Crippen LogP contribution in [0.4, 0.5) is 0 Å². The number of thiazole rings is 1. The Morgan fingerprint density at radius 1 is 1.56 bits per heavy atom. The smallest absolute Gasteiger partial charge is 0.225 e. The van der Waals surface area contributed by atoms with E-state index in [1.54, 1.807) is 22.7 Å². The van der Waals surface area contributed by atoms with E-state index in [1.807, 2.05) is 18.4 Å². The van der Waals surface area contributed by atoms with Gasteiger partial charge in [-0.05, 0) is 31.2 Å². The highest BCUT2D eigenvalue weighted by Crippen LogP contribution is 2.31. The maximum Gasteiger partial charge on any atom is 0.225 e. The second kappa shape index (κ2) is 4.82. The molecule has 18 heavy (non-hydrogen) atoms. The molecule has 0 unspecified atom stereocenters. The van der Waals surface area contributed by atoms with E-state index in [1.165, 1.54) is 0 Å². The molecule has 2 aromatic heterocycles. The summed E-state index contributed by atoms with van der Waals surface area (Å²) < 4.78 is 0. The fourth-order valence-electron chi connectivity index (χ4n) is 1.85. The summed E-state index contributed by atoms with van der Waals surface area (Å²) in [5.74, 6) is 0.124. The number of aryl methyl sites for hydroxylation is 1. The largest absolute Gasteiger partial charge is 0.353 e. The number of carbonyl (C=O) groups is 1. The van der Waals surface area contributed by atoms with Gasteiger partial charge in [0.2, 0.25) is 5.91 Å². The summed E-state index contributed by atoms with van der Waals surface area (Å²) in [7, 11) is 0. The molecule has 1 N–H and O–H groups in total. The van der Waals surface area contributed by atoms with Crippen molar-refractivity contribution in [2.75, 3.05) is 0 Å². The number of carbonyl (C=O) groups excluding carboxylic acids is 1. The standard InChI is InChI=1S/C13H14N2OS2/c1-8-14-13(10-3-2-6-17-10)11(18-8)7-12(16)15-9-4-5-9/h2-3,6,9H,4-5,7H2,1H3,(H,15,16). The van der Waals surface area contributed by atoms with E-state index in [-0.39, 0.29) is 5.91 Å². The van der Waals surface area contributed by atoms with Gasteiger partial charge in [-0.1, -0.05) is 6.07 Å². The van der Waals surface area contributed by atoms with E-state index < -0.39 is 0 Å². The molecule has 1 aliphatic rings. The van der Waals surface area contributed by atoms with Crippen molar-refractivity contribution in [2.45, 2.75) is 32.2 Å². The molecule has 1 amide bonds. The lowest BCUT2D eigenvalue weighted by Crippen LogP contribution is -2.26. The van der Waals surface area contributed by atoms with Crippen LogP contribution in [-0.2, 0) is 11.2 Å². The number of amides is 1. The highest BCUT2D eigenvalue weighted by Gasteiger charge is 2.24. The zero-order chi connectivity index (χ0) is 12.5. The Morgan fingerprint density at radius 2 is 2.39 bits per heavy atom. The first-order chi connectivity index (χ1) is 8.72. The molecular formula is C13H14N2OS2. The Labute approximate surface area is 114 Å². The quantitative estimate of drug-likeness (QED) is 0.934. The monoisotopic (exact) mass is 278 g/mol. The number of nitrogens with zero attached hydrogens (tertiary/aromatic N) is 1. The lowest BCUT2D eigenvalue weighted by Gasteiger charge is -2.02. The number of hydrogen-bond acceptors (Lipinski definition) is 4. The fraction of sp³-hybridized carbons (Fsp3) is 0.385. The molecule has 3 rings (SSSR count). The van der Waals surface area contributed by atoms with Crippen LogP contribution in [0.2, 0.25) is 0 Å². The minimum atomic E-state index is 0.124. The second-order valence-electron chi connectivity index (χ2n) is 4.50. The number of rotatable bonds is 4. The summed E-state index contributed by atoms with van der Waals surface area (Å²) in [6.07, 6.45) is 2.71. The summed E-state index contributed by atoms with van der Waals surface area (Å²) in [4.78, 5) is 18.6. The third-order valence-corrected chi connectivity index (χ3v) is 4.67. The third-order valence-electron chi connectivity index (χ3n) is 2.82. The molecule has 0 atom stereocenters. The van der Waals surface area contributed by atoms with Gasteiger partial charge in [0.25, 0.3) is 0 Å². The lowest BCUT2D eigenvalue weighted by atomic mass is 10.2. The molecular weight excluding hydrogens is 264 g/mol. The molecule has 5 heteroatoms. The van der Waals surface area contributed by atoms with Crippen LogP contribution in [0.15, 0.2) is 17.5 Å². The van der Waals surface area contributed by atoms with Gasteiger partial charge < -0.3 is 5.32 Å². The van der Waals surface area contributed by atoms with E-state index in [9.17, 15) is 4.79 Å². The first kappa shape index (κ1) is 11.9. The Morgan fingerprint density at radius 3 is 3.06 bits per heavy atom. The zero-order valence-corrected chi connectivity index (χ0v) is 11.7. The first-order valence-electron chi connectivity index (χ1n) is 6.02. The number of aromatic nitrogens is 1. The van der Waals surface area contributed by atoms with E-state index in [0.29, 0.717) is 12.5 Å². The lowest BCUT2D eigenvalue weighted by molar-refractivity contribution is -0.120. The van der Waals surface area contributed by atoms with Crippen molar-refractivity contribution in [1.82, 2.24) is 10.3 Å². The van der Waals surface area contributed by atoms with Crippen molar-refractivity contribution in [3.63, 3.8) is 0 Å². The van der Waals surface area contributed by atoms with Crippen molar-refractivity contribution in [3.8, 4) is 10.6 Å². The predicted molar refractivity (Wildman–Crippen MR) is 75.0 cm³/mol. The Kier molecular flexibility index (Phi) is 3.18. The number of nitrogens with one attached hydrogen (secondary N) is 1. The van der Waals surface area contributed by atoms with Gasteiger partial charge in [0.05, 0.1) is 22.0 Å². The van der Waals surface area contributed by atoms with Crippen molar-refractivity contribution in [1.29, 1.82) is 0 Å². The van der Waals surface area contributed by atoms with Crippen LogP contribution in [0.1, 0.15) is 22.7 Å². The molecule has 0 aromatic carbocycles. The van der Waals surface area contributed by atoms with Crippen molar-refractivity contribution in [2.24, 2.45) is 0 Å². The van der Waals surface area contributed by atoms with Gasteiger partial charge in [-0.3, -0.25) is 4.79 Å². The molecule has 0 bridgehead atoms. The van der Waals surface area contributed by atoms with Gasteiger partial charge in [0.1, 0.15) is 0 Å². The molecule has 0 saturated heterocycles. The maximum absolute atomic E-state index is 11.9. The number of thiophene rings is 1. The molecule has 3 nitrogen and oxygen atoms in total. The number of hydrogen-bond donors (Lipinski definition) is 1. The summed E-state index contributed by atoms with van der Waals surface area (Å²) in [6, 6.07) is 4.50. The second-order valence-corrected chi connectivity index (χ2v) is 6.74. The van der Waals surface area contributed by atoms with Gasteiger partial charge in [0.15, 0.2) is 0 Å². The maximum atomic E-state index is 11.9. The van der Waals surface area contributed by atoms with E-state index in [0.717, 1.165) is 33.3 Å². The van der Waals surface area contributed by atoms with E-state index in [2.05, 4.69) is 16.4 Å². The van der Waals surface area contributed by atoms with Gasteiger partial charge in [-0.15, -0.1) is 22.7 Å². The molecule has 1 aliphatic carbocycles. The molecule has 94 valence electrons. The summed E-state index contributed by atoms with van der Waals surface area (Å²) in [6.45, 7) is 1.99. The molecule has 1 fully saturated rings. The van der Waals surface area contributed by atoms with Gasteiger partial charge in [0, 0.05) is 10.9 Å². The Bertz CT molecular complexity index is 556. The Balaban J connectivity index is 1.80. The minimum Gasteiger partial charge on any atom is -0.353 e. The molecule has 1 saturated carbocycles. The SMILES string of the molecule is Cc1nc(-c2cccs2)c(CC(=O)NC2CC2)s1. The molecule has 0 radical (unpaired) electrons. The minimum absolute atomic E-state index is 0.124. The summed E-state index contributed by atoms with van der Waals surface area (Å²) in [5, 5.41) is 6.09. The zero-order valence-electron chi connectivity index (χ0n) is 10.1. The highest BCUT2D eigenvalue weighted by molar-refractivity contribution is 7.15. The van der Waals surface area contributed by atoms with Crippen LogP contribution < -0.4 is 5.32 Å². The normalized spacial score (nSPS) is 14.7. The first-order valence-corrected chi connectivity index (χ1v) is 7.71. The van der Waals surface area contributed by atoms with E-state index in [4.69, 9.17) is 0 Å². The van der Waals surface area contributed by atoms with Crippen LogP contribution in [-0.4, -0.2) is 16.9 Å². The van der Waals surface area contributed by atoms with Crippen LogP contribution in [0.25, 0.3) is 10.6 Å². The van der Waals surface area contributed by atoms with Crippen molar-refractivity contribution >= 4 is 28.6 Å². The van der Waals surface area contributed by atoms with Crippen LogP contribution in [0.5, 0.6) is 0 Å². The molecule has 0 aliphatic heterocycles. The van der Waals surface area contributed by atoms with Crippen molar-refractivity contribution in [3.05, 3.63) is 27.4 Å². The summed E-state index contributed by atoms with van der Waals surface area (Å²) >= 11 is 3.29. The average Bonchev–Trinajstić information content (AvgIpc) is 2.85. The van der Waals surface area contributed by atoms with Crippen LogP contribution in [0, 0.1) is 6.92 Å². The van der Waals surface area contributed by atoms with Gasteiger partial charge in [-0.25, -0.2) is 4.98 Å². The third kappa shape index (κ3) is 2.62. The fourth-order valence-corrected chi connectivity index (χ4v) is 3.60.